The highest BCUT2D eigenvalue weighted by Gasteiger charge is 2.69. The first kappa shape index (κ1) is 50.8. The summed E-state index contributed by atoms with van der Waals surface area (Å²) in [6.45, 7) is -1.49. The maximum absolute atomic E-state index is 16.2. The van der Waals surface area contributed by atoms with Crippen LogP contribution < -0.4 is 32.4 Å². The topological polar surface area (TPSA) is 198 Å². The summed E-state index contributed by atoms with van der Waals surface area (Å²) in [5.41, 5.74) is -6.87. The first-order valence-corrected chi connectivity index (χ1v) is 27.8. The number of fused-ring (bicyclic) bond motifs is 9. The minimum Gasteiger partial charge on any atom is -0.459 e. The van der Waals surface area contributed by atoms with Crippen molar-refractivity contribution in [2.75, 3.05) is 0 Å². The van der Waals surface area contributed by atoms with Crippen molar-refractivity contribution >= 4 is 99.9 Å². The molecule has 0 radical (unpaired) electrons. The van der Waals surface area contributed by atoms with E-state index in [4.69, 9.17) is 23.9 Å². The molecule has 0 bridgehead atoms. The van der Waals surface area contributed by atoms with Gasteiger partial charge in [-0.25, -0.2) is 9.98 Å². The van der Waals surface area contributed by atoms with Gasteiger partial charge in [-0.15, -0.1) is 34.0 Å². The van der Waals surface area contributed by atoms with E-state index in [9.17, 15) is 19.2 Å². The summed E-state index contributed by atoms with van der Waals surface area (Å²) in [4.78, 5) is 131. The van der Waals surface area contributed by atoms with Crippen LogP contribution in [-0.2, 0) is 75.4 Å². The van der Waals surface area contributed by atoms with E-state index < -0.39 is 80.7 Å². The Morgan fingerprint density at radius 3 is 1.16 bits per heavy atom. The summed E-state index contributed by atoms with van der Waals surface area (Å²) >= 11 is 3.21. The molecule has 0 saturated heterocycles. The first-order valence-electron chi connectivity index (χ1n) is 25.3. The number of carbonyl (C=O) groups is 4. The van der Waals surface area contributed by atoms with Crippen molar-refractivity contribution in [3.8, 4) is 9.75 Å². The molecule has 3 aromatic heterocycles. The fourth-order valence-electron chi connectivity index (χ4n) is 10.7. The quantitative estimate of drug-likeness (QED) is 0.0569. The minimum absolute atomic E-state index is 0.0564. The molecule has 17 heteroatoms. The molecule has 8 aromatic carbocycles. The molecule has 394 valence electrons. The van der Waals surface area contributed by atoms with Gasteiger partial charge in [0, 0.05) is 47.8 Å². The number of nitrogens with zero attached hydrogens (tertiary/aromatic N) is 2. The van der Waals surface area contributed by atoms with Gasteiger partial charge < -0.3 is 18.9 Å². The standard InChI is InChI=1S/C64H38N2O12S3/c67-52-39-25-13-14-26-40(39)53(68)50(52)65-45-29-43-47(63(45,59(71)75-31-35-17-5-1-6-18-35)60(72)76-32-36-19-7-2-8-20-36)48-57(79-43)58-49(56-44(80-58)30-46(81-56)66-51-54(69)41-27-15-16-28-42(41)55(51)70)64(48,61(73)77-33-37-21-9-3-10-22-37)62(74)78-34-38-23-11-4-12-24-38/h1-30H,31-34H2. The Morgan fingerprint density at radius 2 is 0.753 bits per heavy atom. The molecule has 0 atom stereocenters. The number of ether oxygens (including phenoxy) is 4. The highest BCUT2D eigenvalue weighted by Crippen LogP contribution is 2.66. The van der Waals surface area contributed by atoms with Crippen molar-refractivity contribution in [2.45, 2.75) is 37.3 Å². The first-order chi connectivity index (χ1) is 39.5. The second kappa shape index (κ2) is 20.2. The zero-order valence-electron chi connectivity index (χ0n) is 42.2. The van der Waals surface area contributed by atoms with Crippen LogP contribution in [0.15, 0.2) is 211 Å². The minimum atomic E-state index is -2.88. The Labute approximate surface area is 469 Å². The molecule has 2 aliphatic carbocycles. The van der Waals surface area contributed by atoms with Gasteiger partial charge in [0.05, 0.1) is 20.2 Å². The number of carbonyl (C=O) groups excluding carboxylic acids is 4. The van der Waals surface area contributed by atoms with Crippen LogP contribution in [0, 0.1) is 0 Å². The largest absolute Gasteiger partial charge is 0.459 e. The van der Waals surface area contributed by atoms with Gasteiger partial charge in [0.1, 0.15) is 31.4 Å². The van der Waals surface area contributed by atoms with E-state index in [2.05, 4.69) is 4.99 Å². The zero-order chi connectivity index (χ0) is 55.6. The predicted molar refractivity (Wildman–Crippen MR) is 307 cm³/mol. The van der Waals surface area contributed by atoms with Crippen LogP contribution in [0.3, 0.4) is 0 Å². The van der Waals surface area contributed by atoms with E-state index in [1.54, 1.807) is 164 Å². The van der Waals surface area contributed by atoms with Gasteiger partial charge in [-0.2, -0.15) is 0 Å². The van der Waals surface area contributed by atoms with Gasteiger partial charge in [0.2, 0.25) is 32.5 Å². The Bertz CT molecular complexity index is 4560. The third-order valence-corrected chi connectivity index (χ3v) is 18.1. The molecular weight excluding hydrogens is 1080 g/mol. The van der Waals surface area contributed by atoms with Gasteiger partial charge in [-0.1, -0.05) is 170 Å². The molecule has 3 heterocycles. The fraction of sp³-hybridized carbons (Fsp3) is 0.0938. The van der Waals surface area contributed by atoms with Crippen molar-refractivity contribution in [3.05, 3.63) is 277 Å². The average Bonchev–Trinajstić information content (AvgIpc) is 3.61. The number of hydrogen-bond acceptors (Lipinski definition) is 17. The summed E-state index contributed by atoms with van der Waals surface area (Å²) in [7, 11) is 0. The number of hydrogen-bond donors (Lipinski definition) is 0. The van der Waals surface area contributed by atoms with E-state index in [1.165, 1.54) is 29.5 Å². The van der Waals surface area contributed by atoms with Crippen LogP contribution in [-0.4, -0.2) is 23.9 Å². The molecule has 0 fully saturated rings. The SMILES string of the molecule is O=C(OCc1ccccc1)C1(C(=O)OCc2ccccc2)C(N=c2c(=O)c3ccccc3c2=O)=Cc2sc3c(c21)C(C(=O)OCc1ccccc1)(C(=O)OCc1ccccc1)c1c-3sc2cc(N=c3c(=O)c4ccccc4c3=O)sc12. The maximum atomic E-state index is 16.2. The van der Waals surface area contributed by atoms with Crippen molar-refractivity contribution in [1.82, 2.24) is 0 Å². The van der Waals surface area contributed by atoms with Crippen LogP contribution in [0.25, 0.3) is 46.8 Å². The van der Waals surface area contributed by atoms with Crippen LogP contribution >= 0.6 is 34.0 Å². The molecule has 2 aliphatic rings. The molecule has 0 amide bonds. The van der Waals surface area contributed by atoms with E-state index in [-0.39, 0.29) is 71.6 Å². The third-order valence-electron chi connectivity index (χ3n) is 14.5. The second-order valence-electron chi connectivity index (χ2n) is 19.2. The van der Waals surface area contributed by atoms with Crippen molar-refractivity contribution in [2.24, 2.45) is 9.98 Å². The highest BCUT2D eigenvalue weighted by atomic mass is 32.1. The van der Waals surface area contributed by atoms with E-state index in [0.717, 1.165) is 22.7 Å². The van der Waals surface area contributed by atoms with Gasteiger partial charge in [-0.3, -0.25) is 38.4 Å². The van der Waals surface area contributed by atoms with Gasteiger partial charge in [-0.05, 0) is 34.4 Å². The van der Waals surface area contributed by atoms with Crippen molar-refractivity contribution < 1.29 is 38.1 Å². The lowest BCUT2D eigenvalue weighted by molar-refractivity contribution is -0.167. The summed E-state index contributed by atoms with van der Waals surface area (Å²) < 4.78 is 25.9. The lowest BCUT2D eigenvalue weighted by atomic mass is 9.70. The Kier molecular flexibility index (Phi) is 12.7. The smallest absolute Gasteiger partial charge is 0.334 e. The normalized spacial score (nSPS) is 13.6. The Balaban J connectivity index is 1.10. The summed E-state index contributed by atoms with van der Waals surface area (Å²) in [5.74, 6) is -4.83. The molecule has 0 N–H and O–H groups in total. The summed E-state index contributed by atoms with van der Waals surface area (Å²) in [6, 6.07) is 49.0. The van der Waals surface area contributed by atoms with Crippen LogP contribution in [0.1, 0.15) is 43.8 Å². The third kappa shape index (κ3) is 8.18. The Morgan fingerprint density at radius 1 is 0.395 bits per heavy atom. The molecule has 13 rings (SSSR count). The van der Waals surface area contributed by atoms with Gasteiger partial charge in [0.15, 0.2) is 10.7 Å². The summed E-state index contributed by atoms with van der Waals surface area (Å²) in [5, 5.41) is -0.193. The predicted octanol–water partition coefficient (Wildman–Crippen LogP) is 9.19. The van der Waals surface area contributed by atoms with Crippen molar-refractivity contribution in [1.29, 1.82) is 0 Å². The number of rotatable bonds is 14. The van der Waals surface area contributed by atoms with Crippen LogP contribution in [0.5, 0.6) is 0 Å². The average molecular weight is 1120 g/mol. The lowest BCUT2D eigenvalue weighted by Gasteiger charge is -2.32. The molecular formula is C64H38N2O12S3. The van der Waals surface area contributed by atoms with E-state index in [1.807, 2.05) is 0 Å². The number of thiophene rings is 3. The van der Waals surface area contributed by atoms with Crippen molar-refractivity contribution in [3.63, 3.8) is 0 Å². The monoisotopic (exact) mass is 1120 g/mol. The lowest BCUT2D eigenvalue weighted by Crippen LogP contribution is -2.51. The number of esters is 4. The van der Waals surface area contributed by atoms with E-state index >= 15 is 19.2 Å². The van der Waals surface area contributed by atoms with Crippen LogP contribution in [0.2, 0.25) is 0 Å². The van der Waals surface area contributed by atoms with Crippen LogP contribution in [0.4, 0.5) is 5.00 Å². The molecule has 0 saturated carbocycles. The fourth-order valence-corrected chi connectivity index (χ4v) is 14.8. The molecule has 11 aromatic rings. The van der Waals surface area contributed by atoms with E-state index in [0.29, 0.717) is 36.5 Å². The van der Waals surface area contributed by atoms with Gasteiger partial charge >= 0.3 is 23.9 Å². The molecule has 14 nitrogen and oxygen atoms in total. The highest BCUT2D eigenvalue weighted by molar-refractivity contribution is 7.33. The second-order valence-corrected chi connectivity index (χ2v) is 22.4. The molecule has 0 aliphatic heterocycles. The molecule has 0 unspecified atom stereocenters. The summed E-state index contributed by atoms with van der Waals surface area (Å²) in [6.07, 6.45) is 1.38. The zero-order valence-corrected chi connectivity index (χ0v) is 44.6. The van der Waals surface area contributed by atoms with Gasteiger partial charge in [0.25, 0.3) is 0 Å². The Hall–Kier alpha value is -9.68. The molecule has 81 heavy (non-hydrogen) atoms. The molecule has 0 spiro atoms. The number of benzene rings is 6. The maximum Gasteiger partial charge on any atom is 0.334 e.